The molecule has 104 valence electrons. The maximum Gasteiger partial charge on any atom is 0.341 e. The average Bonchev–Trinajstić information content (AvgIpc) is 2.47. The van der Waals surface area contributed by atoms with Crippen molar-refractivity contribution < 1.29 is 19.6 Å². The molecule has 0 aliphatic carbocycles. The number of carboxylic acid groups (broad SMARTS) is 1. The molecule has 0 bridgehead atoms. The molecule has 21 heavy (non-hydrogen) atoms. The Morgan fingerprint density at radius 1 is 1.43 bits per heavy atom. The van der Waals surface area contributed by atoms with Crippen LogP contribution < -0.4 is 4.74 Å². The number of hydrogen-bond acceptors (Lipinski definition) is 6. The highest BCUT2D eigenvalue weighted by molar-refractivity contribution is 5.91. The van der Waals surface area contributed by atoms with Crippen molar-refractivity contribution in [1.29, 1.82) is 5.26 Å². The molecule has 0 spiro atoms. The number of nitriles is 1. The molecular formula is C13H7N3O5. The third-order valence-corrected chi connectivity index (χ3v) is 2.49. The van der Waals surface area contributed by atoms with Gasteiger partial charge in [0, 0.05) is 6.07 Å². The van der Waals surface area contributed by atoms with Gasteiger partial charge in [0.15, 0.2) is 0 Å². The van der Waals surface area contributed by atoms with Crippen molar-refractivity contribution in [3.63, 3.8) is 0 Å². The summed E-state index contributed by atoms with van der Waals surface area (Å²) in [6.45, 7) is 0. The lowest BCUT2D eigenvalue weighted by Crippen LogP contribution is -2.04. The first-order valence-electron chi connectivity index (χ1n) is 5.57. The van der Waals surface area contributed by atoms with Gasteiger partial charge >= 0.3 is 5.97 Å². The Kier molecular flexibility index (Phi) is 3.76. The van der Waals surface area contributed by atoms with Crippen LogP contribution in [-0.2, 0) is 0 Å². The molecule has 0 atom stereocenters. The molecule has 0 amide bonds. The second-order valence-electron chi connectivity index (χ2n) is 3.82. The van der Waals surface area contributed by atoms with E-state index in [0.717, 1.165) is 12.3 Å². The first-order chi connectivity index (χ1) is 10.0. The van der Waals surface area contributed by atoms with E-state index in [-0.39, 0.29) is 17.2 Å². The number of hydrogen-bond donors (Lipinski definition) is 1. The summed E-state index contributed by atoms with van der Waals surface area (Å²) in [5, 5.41) is 28.6. The summed E-state index contributed by atoms with van der Waals surface area (Å²) < 4.78 is 5.29. The SMILES string of the molecule is N#Cc1ccccc1Oc1ncc([N+](=O)[O-])cc1C(=O)O. The molecule has 0 aliphatic heterocycles. The number of rotatable bonds is 4. The van der Waals surface area contributed by atoms with E-state index in [1.165, 1.54) is 12.1 Å². The Hall–Kier alpha value is -3.47. The largest absolute Gasteiger partial charge is 0.477 e. The average molecular weight is 285 g/mol. The van der Waals surface area contributed by atoms with E-state index in [1.807, 2.05) is 6.07 Å². The normalized spacial score (nSPS) is 9.67. The van der Waals surface area contributed by atoms with Gasteiger partial charge in [-0.1, -0.05) is 12.1 Å². The van der Waals surface area contributed by atoms with E-state index < -0.39 is 22.1 Å². The molecule has 8 nitrogen and oxygen atoms in total. The quantitative estimate of drug-likeness (QED) is 0.674. The van der Waals surface area contributed by atoms with Crippen LogP contribution in [0.15, 0.2) is 36.5 Å². The number of carbonyl (C=O) groups is 1. The standard InChI is InChI=1S/C13H7N3O5/c14-6-8-3-1-2-4-11(8)21-12-10(13(17)18)5-9(7-15-12)16(19)20/h1-5,7H,(H,17,18). The van der Waals surface area contributed by atoms with E-state index in [9.17, 15) is 14.9 Å². The van der Waals surface area contributed by atoms with Gasteiger partial charge in [0.2, 0.25) is 5.88 Å². The molecule has 0 unspecified atom stereocenters. The van der Waals surface area contributed by atoms with Gasteiger partial charge in [-0.05, 0) is 12.1 Å². The summed E-state index contributed by atoms with van der Waals surface area (Å²) in [5.41, 5.74) is -0.737. The fraction of sp³-hybridized carbons (Fsp3) is 0. The Bertz CT molecular complexity index is 767. The van der Waals surface area contributed by atoms with E-state index in [1.54, 1.807) is 12.1 Å². The number of benzene rings is 1. The maximum absolute atomic E-state index is 11.1. The fourth-order valence-corrected chi connectivity index (χ4v) is 1.53. The van der Waals surface area contributed by atoms with E-state index in [2.05, 4.69) is 4.98 Å². The Balaban J connectivity index is 2.47. The van der Waals surface area contributed by atoms with Crippen LogP contribution >= 0.6 is 0 Å². The molecule has 0 fully saturated rings. The van der Waals surface area contributed by atoms with Crippen molar-refractivity contribution in [3.05, 3.63) is 57.8 Å². The lowest BCUT2D eigenvalue weighted by Gasteiger charge is -2.08. The Morgan fingerprint density at radius 3 is 2.76 bits per heavy atom. The van der Waals surface area contributed by atoms with Crippen molar-refractivity contribution in [2.24, 2.45) is 0 Å². The number of aromatic carboxylic acids is 1. The van der Waals surface area contributed by atoms with Gasteiger partial charge in [-0.3, -0.25) is 10.1 Å². The zero-order valence-corrected chi connectivity index (χ0v) is 10.4. The molecule has 1 aromatic heterocycles. The lowest BCUT2D eigenvalue weighted by atomic mass is 10.2. The van der Waals surface area contributed by atoms with Crippen molar-refractivity contribution in [2.45, 2.75) is 0 Å². The number of nitro groups is 1. The minimum Gasteiger partial charge on any atom is -0.477 e. The highest BCUT2D eigenvalue weighted by Gasteiger charge is 2.20. The number of carboxylic acids is 1. The van der Waals surface area contributed by atoms with E-state index >= 15 is 0 Å². The zero-order chi connectivity index (χ0) is 15.4. The summed E-state index contributed by atoms with van der Waals surface area (Å²) in [7, 11) is 0. The zero-order valence-electron chi connectivity index (χ0n) is 10.4. The predicted molar refractivity (Wildman–Crippen MR) is 69.1 cm³/mol. The van der Waals surface area contributed by atoms with Crippen LogP contribution in [0.3, 0.4) is 0 Å². The van der Waals surface area contributed by atoms with Crippen LogP contribution in [-0.4, -0.2) is 21.0 Å². The molecule has 8 heteroatoms. The minimum atomic E-state index is -1.42. The minimum absolute atomic E-state index is 0.115. The van der Waals surface area contributed by atoms with Crippen LogP contribution in [0.4, 0.5) is 5.69 Å². The van der Waals surface area contributed by atoms with Crippen molar-refractivity contribution in [3.8, 4) is 17.7 Å². The number of nitrogens with zero attached hydrogens (tertiary/aromatic N) is 3. The number of pyridine rings is 1. The smallest absolute Gasteiger partial charge is 0.341 e. The highest BCUT2D eigenvalue weighted by Crippen LogP contribution is 2.28. The van der Waals surface area contributed by atoms with Crippen LogP contribution in [0.5, 0.6) is 11.6 Å². The van der Waals surface area contributed by atoms with E-state index in [4.69, 9.17) is 15.1 Å². The third-order valence-electron chi connectivity index (χ3n) is 2.49. The Labute approximate surface area is 118 Å². The molecule has 1 aromatic carbocycles. The first kappa shape index (κ1) is 14.0. The molecule has 0 saturated carbocycles. The van der Waals surface area contributed by atoms with Crippen LogP contribution in [0.1, 0.15) is 15.9 Å². The van der Waals surface area contributed by atoms with Crippen LogP contribution in [0.2, 0.25) is 0 Å². The summed E-state index contributed by atoms with van der Waals surface area (Å²) in [5.74, 6) is -1.63. The van der Waals surface area contributed by atoms with Gasteiger partial charge < -0.3 is 9.84 Å². The van der Waals surface area contributed by atoms with Gasteiger partial charge in [0.25, 0.3) is 5.69 Å². The van der Waals surface area contributed by atoms with Gasteiger partial charge in [0.1, 0.15) is 23.6 Å². The third kappa shape index (κ3) is 2.93. The molecule has 0 radical (unpaired) electrons. The van der Waals surface area contributed by atoms with Crippen molar-refractivity contribution >= 4 is 11.7 Å². The van der Waals surface area contributed by atoms with E-state index in [0.29, 0.717) is 0 Å². The van der Waals surface area contributed by atoms with Crippen LogP contribution in [0, 0.1) is 21.4 Å². The lowest BCUT2D eigenvalue weighted by molar-refractivity contribution is -0.385. The predicted octanol–water partition coefficient (Wildman–Crippen LogP) is 2.35. The topological polar surface area (TPSA) is 126 Å². The molecule has 1 heterocycles. The second-order valence-corrected chi connectivity index (χ2v) is 3.82. The van der Waals surface area contributed by atoms with Crippen molar-refractivity contribution in [2.75, 3.05) is 0 Å². The highest BCUT2D eigenvalue weighted by atomic mass is 16.6. The van der Waals surface area contributed by atoms with Gasteiger partial charge in [-0.25, -0.2) is 9.78 Å². The second kappa shape index (κ2) is 5.66. The Morgan fingerprint density at radius 2 is 2.14 bits per heavy atom. The van der Waals surface area contributed by atoms with Gasteiger partial charge in [0.05, 0.1) is 10.5 Å². The summed E-state index contributed by atoms with van der Waals surface area (Å²) >= 11 is 0. The number of para-hydroxylation sites is 1. The number of ether oxygens (including phenoxy) is 1. The number of aromatic nitrogens is 1. The molecule has 2 aromatic rings. The first-order valence-corrected chi connectivity index (χ1v) is 5.57. The van der Waals surface area contributed by atoms with Crippen LogP contribution in [0.25, 0.3) is 0 Å². The molecule has 0 saturated heterocycles. The molecule has 2 rings (SSSR count). The maximum atomic E-state index is 11.1. The molecule has 1 N–H and O–H groups in total. The fourth-order valence-electron chi connectivity index (χ4n) is 1.53. The molecule has 0 aliphatic rings. The molecular weight excluding hydrogens is 278 g/mol. The summed E-state index contributed by atoms with van der Waals surface area (Å²) in [4.78, 5) is 24.6. The summed E-state index contributed by atoms with van der Waals surface area (Å²) in [6.07, 6.45) is 0.886. The monoisotopic (exact) mass is 285 g/mol. The van der Waals surface area contributed by atoms with Crippen molar-refractivity contribution in [1.82, 2.24) is 4.98 Å². The van der Waals surface area contributed by atoms with Gasteiger partial charge in [-0.2, -0.15) is 5.26 Å². The van der Waals surface area contributed by atoms with Gasteiger partial charge in [-0.15, -0.1) is 0 Å². The summed E-state index contributed by atoms with van der Waals surface area (Å²) in [6, 6.07) is 8.90.